The minimum absolute atomic E-state index is 0.00827. The second kappa shape index (κ2) is 7.47. The number of hydrogen-bond acceptors (Lipinski definition) is 3. The first-order valence-corrected chi connectivity index (χ1v) is 9.45. The van der Waals surface area contributed by atoms with Crippen LogP contribution in [0.4, 0.5) is 0 Å². The van der Waals surface area contributed by atoms with Crippen molar-refractivity contribution in [2.24, 2.45) is 5.92 Å². The molecule has 6 heteroatoms. The highest BCUT2D eigenvalue weighted by Gasteiger charge is 2.25. The number of carbonyl (C=O) groups is 1. The van der Waals surface area contributed by atoms with E-state index in [4.69, 9.17) is 11.6 Å². The third-order valence-corrected chi connectivity index (χ3v) is 5.25. The number of rotatable bonds is 7. The second-order valence-corrected chi connectivity index (χ2v) is 9.17. The summed E-state index contributed by atoms with van der Waals surface area (Å²) in [6.45, 7) is 7.33. The molecule has 0 aliphatic rings. The minimum atomic E-state index is -3.37. The maximum absolute atomic E-state index is 12.0. The molecular formula is C16H24ClNO3S. The smallest absolute Gasteiger partial charge is 0.235 e. The van der Waals surface area contributed by atoms with Crippen molar-refractivity contribution in [2.45, 2.75) is 39.7 Å². The maximum atomic E-state index is 12.0. The summed E-state index contributed by atoms with van der Waals surface area (Å²) in [5, 5.41) is 3.42. The highest BCUT2D eigenvalue weighted by atomic mass is 35.5. The van der Waals surface area contributed by atoms with Crippen LogP contribution in [0.3, 0.4) is 0 Å². The van der Waals surface area contributed by atoms with E-state index >= 15 is 0 Å². The lowest BCUT2D eigenvalue weighted by Crippen LogP contribution is -2.47. The van der Waals surface area contributed by atoms with Gasteiger partial charge in [0.25, 0.3) is 0 Å². The fourth-order valence-corrected chi connectivity index (χ4v) is 4.15. The third kappa shape index (κ3) is 6.79. The average molecular weight is 346 g/mol. The molecule has 1 N–H and O–H groups in total. The molecule has 1 aromatic rings. The highest BCUT2D eigenvalue weighted by molar-refractivity contribution is 7.92. The Morgan fingerprint density at radius 1 is 1.27 bits per heavy atom. The SMILES string of the molecule is CC(C)CS(=O)(=O)CC(=O)NC(C)(C)Cc1ccccc1Cl. The highest BCUT2D eigenvalue weighted by Crippen LogP contribution is 2.20. The number of amides is 1. The average Bonchev–Trinajstić information content (AvgIpc) is 2.27. The van der Waals surface area contributed by atoms with Crippen molar-refractivity contribution in [1.82, 2.24) is 5.32 Å². The first-order valence-electron chi connectivity index (χ1n) is 7.25. The molecule has 0 aliphatic carbocycles. The standard InChI is InChI=1S/C16H24ClNO3S/c1-12(2)10-22(20,21)11-15(19)18-16(3,4)9-13-7-5-6-8-14(13)17/h5-8,12H,9-11H2,1-4H3,(H,18,19). The monoisotopic (exact) mass is 345 g/mol. The molecular weight excluding hydrogens is 322 g/mol. The Balaban J connectivity index is 2.68. The van der Waals surface area contributed by atoms with Crippen LogP contribution >= 0.6 is 11.6 Å². The van der Waals surface area contributed by atoms with Crippen LogP contribution < -0.4 is 5.32 Å². The van der Waals surface area contributed by atoms with E-state index in [2.05, 4.69) is 5.32 Å². The van der Waals surface area contributed by atoms with Crippen LogP contribution in [0, 0.1) is 5.92 Å². The lowest BCUT2D eigenvalue weighted by molar-refractivity contribution is -0.120. The fraction of sp³-hybridized carbons (Fsp3) is 0.562. The summed E-state index contributed by atoms with van der Waals surface area (Å²) in [5.74, 6) is -0.922. The molecule has 0 saturated carbocycles. The summed E-state index contributed by atoms with van der Waals surface area (Å²) in [4.78, 5) is 12.0. The van der Waals surface area contributed by atoms with Gasteiger partial charge in [0.15, 0.2) is 9.84 Å². The van der Waals surface area contributed by atoms with Crippen LogP contribution in [-0.4, -0.2) is 31.4 Å². The first kappa shape index (κ1) is 19.0. The van der Waals surface area contributed by atoms with Crippen LogP contribution in [-0.2, 0) is 21.1 Å². The van der Waals surface area contributed by atoms with Crippen LogP contribution in [0.25, 0.3) is 0 Å². The Morgan fingerprint density at radius 2 is 1.86 bits per heavy atom. The summed E-state index contributed by atoms with van der Waals surface area (Å²) in [7, 11) is -3.37. The van der Waals surface area contributed by atoms with Gasteiger partial charge in [0, 0.05) is 10.6 Å². The quantitative estimate of drug-likeness (QED) is 0.826. The van der Waals surface area contributed by atoms with Gasteiger partial charge in [-0.1, -0.05) is 43.6 Å². The van der Waals surface area contributed by atoms with Gasteiger partial charge in [-0.2, -0.15) is 0 Å². The number of sulfone groups is 1. The predicted molar refractivity (Wildman–Crippen MR) is 90.9 cm³/mol. The Morgan fingerprint density at radius 3 is 2.41 bits per heavy atom. The van der Waals surface area contributed by atoms with E-state index in [0.29, 0.717) is 11.4 Å². The van der Waals surface area contributed by atoms with Gasteiger partial charge in [0.1, 0.15) is 5.75 Å². The zero-order valence-electron chi connectivity index (χ0n) is 13.5. The summed E-state index contributed by atoms with van der Waals surface area (Å²) in [6, 6.07) is 7.41. The van der Waals surface area contributed by atoms with Crippen LogP contribution in [0.2, 0.25) is 5.02 Å². The lowest BCUT2D eigenvalue weighted by atomic mass is 9.95. The molecule has 1 amide bonds. The molecule has 124 valence electrons. The zero-order chi connectivity index (χ0) is 17.0. The second-order valence-electron chi connectivity index (χ2n) is 6.65. The Kier molecular flexibility index (Phi) is 6.44. The van der Waals surface area contributed by atoms with Crippen molar-refractivity contribution in [3.63, 3.8) is 0 Å². The molecule has 4 nitrogen and oxygen atoms in total. The van der Waals surface area contributed by atoms with Crippen molar-refractivity contribution in [3.05, 3.63) is 34.9 Å². The largest absolute Gasteiger partial charge is 0.350 e. The first-order chi connectivity index (χ1) is 10.0. The molecule has 0 bridgehead atoms. The molecule has 0 saturated heterocycles. The van der Waals surface area contributed by atoms with E-state index in [-0.39, 0.29) is 11.7 Å². The Hall–Kier alpha value is -1.07. The molecule has 0 unspecified atom stereocenters. The van der Waals surface area contributed by atoms with Gasteiger partial charge < -0.3 is 5.32 Å². The normalized spacial score (nSPS) is 12.5. The summed E-state index contributed by atoms with van der Waals surface area (Å²) < 4.78 is 23.7. The van der Waals surface area contributed by atoms with E-state index in [1.165, 1.54) is 0 Å². The molecule has 0 radical (unpaired) electrons. The van der Waals surface area contributed by atoms with Crippen LogP contribution in [0.5, 0.6) is 0 Å². The van der Waals surface area contributed by atoms with Gasteiger partial charge in [-0.3, -0.25) is 4.79 Å². The summed E-state index contributed by atoms with van der Waals surface area (Å²) in [6.07, 6.45) is 0.530. The predicted octanol–water partition coefficient (Wildman–Crippen LogP) is 2.85. The van der Waals surface area contributed by atoms with Crippen LogP contribution in [0.1, 0.15) is 33.3 Å². The molecule has 1 aromatic carbocycles. The van der Waals surface area contributed by atoms with Crippen molar-refractivity contribution >= 4 is 27.3 Å². The van der Waals surface area contributed by atoms with Crippen molar-refractivity contribution < 1.29 is 13.2 Å². The molecule has 0 aliphatic heterocycles. The molecule has 0 spiro atoms. The van der Waals surface area contributed by atoms with Gasteiger partial charge in [-0.05, 0) is 37.8 Å². The van der Waals surface area contributed by atoms with Crippen molar-refractivity contribution in [2.75, 3.05) is 11.5 Å². The minimum Gasteiger partial charge on any atom is -0.350 e. The van der Waals surface area contributed by atoms with E-state index in [9.17, 15) is 13.2 Å². The number of nitrogens with one attached hydrogen (secondary N) is 1. The molecule has 22 heavy (non-hydrogen) atoms. The molecule has 0 atom stereocenters. The number of halogens is 1. The van der Waals surface area contributed by atoms with Gasteiger partial charge >= 0.3 is 0 Å². The number of carbonyl (C=O) groups excluding carboxylic acids is 1. The molecule has 1 rings (SSSR count). The van der Waals surface area contributed by atoms with Crippen LogP contribution in [0.15, 0.2) is 24.3 Å². The number of benzene rings is 1. The van der Waals surface area contributed by atoms with Gasteiger partial charge in [0.05, 0.1) is 5.75 Å². The molecule has 0 fully saturated rings. The topological polar surface area (TPSA) is 63.2 Å². The van der Waals surface area contributed by atoms with E-state index in [0.717, 1.165) is 5.56 Å². The Bertz CT molecular complexity index is 624. The summed E-state index contributed by atoms with van der Waals surface area (Å²) >= 11 is 6.12. The maximum Gasteiger partial charge on any atom is 0.235 e. The van der Waals surface area contributed by atoms with Gasteiger partial charge in [-0.15, -0.1) is 0 Å². The van der Waals surface area contributed by atoms with E-state index in [1.807, 2.05) is 45.9 Å². The van der Waals surface area contributed by atoms with Crippen molar-refractivity contribution in [1.29, 1.82) is 0 Å². The molecule has 0 aromatic heterocycles. The zero-order valence-corrected chi connectivity index (χ0v) is 15.1. The lowest BCUT2D eigenvalue weighted by Gasteiger charge is -2.27. The van der Waals surface area contributed by atoms with Crippen molar-refractivity contribution in [3.8, 4) is 0 Å². The fourth-order valence-electron chi connectivity index (χ4n) is 2.34. The van der Waals surface area contributed by atoms with Gasteiger partial charge in [0.2, 0.25) is 5.91 Å². The summed E-state index contributed by atoms with van der Waals surface area (Å²) in [5.41, 5.74) is 0.342. The Labute approximate surface area is 138 Å². The van der Waals surface area contributed by atoms with E-state index < -0.39 is 27.0 Å². The third-order valence-electron chi connectivity index (χ3n) is 3.01. The number of hydrogen-bond donors (Lipinski definition) is 1. The molecule has 0 heterocycles. The van der Waals surface area contributed by atoms with Gasteiger partial charge in [-0.25, -0.2) is 8.42 Å². The van der Waals surface area contributed by atoms with E-state index in [1.54, 1.807) is 6.07 Å².